The van der Waals surface area contributed by atoms with E-state index in [1.807, 2.05) is 6.07 Å². The van der Waals surface area contributed by atoms with Crippen LogP contribution in [0.5, 0.6) is 0 Å². The van der Waals surface area contributed by atoms with Crippen LogP contribution < -0.4 is 5.14 Å². The first-order valence-electron chi connectivity index (χ1n) is 3.43. The fourth-order valence-corrected chi connectivity index (χ4v) is 1.87. The molecular formula is C6H10N2O2S. The van der Waals surface area contributed by atoms with Crippen LogP contribution in [0, 0.1) is 23.2 Å². The lowest BCUT2D eigenvalue weighted by molar-refractivity contribution is 0.571. The molecule has 5 heteroatoms. The Kier molecular flexibility index (Phi) is 2.16. The van der Waals surface area contributed by atoms with Crippen molar-refractivity contribution < 1.29 is 8.42 Å². The summed E-state index contributed by atoms with van der Waals surface area (Å²) in [5.41, 5.74) is 0. The molecule has 2 N–H and O–H groups in total. The van der Waals surface area contributed by atoms with Crippen molar-refractivity contribution in [2.24, 2.45) is 17.0 Å². The molecule has 1 atom stereocenters. The topological polar surface area (TPSA) is 83.9 Å². The van der Waals surface area contributed by atoms with Crippen LogP contribution in [0.2, 0.25) is 0 Å². The molecule has 0 aliphatic heterocycles. The van der Waals surface area contributed by atoms with Gasteiger partial charge in [0.1, 0.15) is 0 Å². The minimum Gasteiger partial charge on any atom is -0.229 e. The molecule has 0 bridgehead atoms. The molecule has 62 valence electrons. The van der Waals surface area contributed by atoms with Gasteiger partial charge in [-0.25, -0.2) is 13.6 Å². The first-order valence-corrected chi connectivity index (χ1v) is 5.14. The lowest BCUT2D eigenvalue weighted by atomic mass is 10.1. The van der Waals surface area contributed by atoms with Crippen LogP contribution in [0.25, 0.3) is 0 Å². The minimum absolute atomic E-state index is 0.186. The number of hydrogen-bond acceptors (Lipinski definition) is 3. The number of nitrogens with zero attached hydrogens (tertiary/aromatic N) is 1. The van der Waals surface area contributed by atoms with E-state index < -0.39 is 10.0 Å². The summed E-state index contributed by atoms with van der Waals surface area (Å²) in [6.45, 7) is 0. The van der Waals surface area contributed by atoms with Gasteiger partial charge in [0, 0.05) is 0 Å². The van der Waals surface area contributed by atoms with Crippen molar-refractivity contribution in [2.45, 2.75) is 12.8 Å². The Hall–Kier alpha value is -0.600. The predicted octanol–water partition coefficient (Wildman–Crippen LogP) is -0.175. The van der Waals surface area contributed by atoms with Gasteiger partial charge in [0.05, 0.1) is 17.7 Å². The molecular weight excluding hydrogens is 164 g/mol. The summed E-state index contributed by atoms with van der Waals surface area (Å²) in [6, 6.07) is 1.96. The Labute approximate surface area is 66.1 Å². The van der Waals surface area contributed by atoms with E-state index in [2.05, 4.69) is 0 Å². The van der Waals surface area contributed by atoms with Gasteiger partial charge in [-0.2, -0.15) is 5.26 Å². The molecule has 1 aliphatic carbocycles. The Balaban J connectivity index is 2.52. The third-order valence-electron chi connectivity index (χ3n) is 1.77. The molecule has 1 unspecified atom stereocenters. The molecule has 4 nitrogen and oxygen atoms in total. The van der Waals surface area contributed by atoms with Gasteiger partial charge >= 0.3 is 0 Å². The Bertz CT molecular complexity index is 273. The molecule has 1 saturated carbocycles. The maximum atomic E-state index is 10.6. The van der Waals surface area contributed by atoms with Gasteiger partial charge in [0.25, 0.3) is 0 Å². The van der Waals surface area contributed by atoms with Crippen molar-refractivity contribution in [2.75, 3.05) is 5.75 Å². The predicted molar refractivity (Wildman–Crippen MR) is 39.8 cm³/mol. The average molecular weight is 174 g/mol. The Morgan fingerprint density at radius 2 is 2.18 bits per heavy atom. The monoisotopic (exact) mass is 174 g/mol. The van der Waals surface area contributed by atoms with Crippen molar-refractivity contribution in [3.63, 3.8) is 0 Å². The van der Waals surface area contributed by atoms with Crippen molar-refractivity contribution in [3.05, 3.63) is 0 Å². The molecule has 11 heavy (non-hydrogen) atoms. The van der Waals surface area contributed by atoms with Gasteiger partial charge in [0.2, 0.25) is 10.0 Å². The van der Waals surface area contributed by atoms with E-state index in [1.54, 1.807) is 0 Å². The highest BCUT2D eigenvalue weighted by Gasteiger charge is 2.33. The quantitative estimate of drug-likeness (QED) is 0.644. The third-order valence-corrected chi connectivity index (χ3v) is 2.59. The third kappa shape index (κ3) is 2.87. The fraction of sp³-hybridized carbons (Fsp3) is 0.833. The van der Waals surface area contributed by atoms with Gasteiger partial charge in [-0.15, -0.1) is 0 Å². The zero-order valence-electron chi connectivity index (χ0n) is 6.03. The number of hydrogen-bond donors (Lipinski definition) is 1. The zero-order valence-corrected chi connectivity index (χ0v) is 6.84. The first-order chi connectivity index (χ1) is 5.03. The summed E-state index contributed by atoms with van der Waals surface area (Å²) in [6.07, 6.45) is 1.93. The molecule has 1 fully saturated rings. The summed E-state index contributed by atoms with van der Waals surface area (Å²) in [5, 5.41) is 13.3. The van der Waals surface area contributed by atoms with Crippen molar-refractivity contribution in [1.29, 1.82) is 5.26 Å². The molecule has 1 aliphatic rings. The van der Waals surface area contributed by atoms with Gasteiger partial charge in [-0.1, -0.05) is 0 Å². The SMILES string of the molecule is N#CC(CS(N)(=O)=O)C1CC1. The first kappa shape index (κ1) is 8.50. The highest BCUT2D eigenvalue weighted by molar-refractivity contribution is 7.89. The smallest absolute Gasteiger partial charge is 0.210 e. The molecule has 0 saturated heterocycles. The summed E-state index contributed by atoms with van der Waals surface area (Å²) in [7, 11) is -3.46. The average Bonchev–Trinajstić information content (AvgIpc) is 2.61. The summed E-state index contributed by atoms with van der Waals surface area (Å²) < 4.78 is 21.1. The van der Waals surface area contributed by atoms with Crippen molar-refractivity contribution in [1.82, 2.24) is 0 Å². The number of primary sulfonamides is 1. The van der Waals surface area contributed by atoms with E-state index in [-0.39, 0.29) is 17.6 Å². The fourth-order valence-electron chi connectivity index (χ4n) is 1.03. The highest BCUT2D eigenvalue weighted by Crippen LogP contribution is 2.36. The molecule has 1 rings (SSSR count). The van der Waals surface area contributed by atoms with E-state index in [9.17, 15) is 8.42 Å². The van der Waals surface area contributed by atoms with E-state index in [0.717, 1.165) is 12.8 Å². The van der Waals surface area contributed by atoms with Gasteiger partial charge in [-0.3, -0.25) is 0 Å². The molecule has 0 heterocycles. The number of rotatable bonds is 3. The maximum absolute atomic E-state index is 10.6. The van der Waals surface area contributed by atoms with E-state index in [1.165, 1.54) is 0 Å². The second-order valence-corrected chi connectivity index (χ2v) is 4.56. The van der Waals surface area contributed by atoms with E-state index >= 15 is 0 Å². The standard InChI is InChI=1S/C6H10N2O2S/c7-3-6(5-1-2-5)4-11(8,9)10/h5-6H,1-2,4H2,(H2,8,9,10). The molecule has 0 radical (unpaired) electrons. The summed E-state index contributed by atoms with van der Waals surface area (Å²) in [5.74, 6) is -0.294. The van der Waals surface area contributed by atoms with E-state index in [0.29, 0.717) is 0 Å². The lowest BCUT2D eigenvalue weighted by Crippen LogP contribution is -2.23. The highest BCUT2D eigenvalue weighted by atomic mass is 32.2. The van der Waals surface area contributed by atoms with Crippen LogP contribution >= 0.6 is 0 Å². The Morgan fingerprint density at radius 3 is 2.45 bits per heavy atom. The number of sulfonamides is 1. The van der Waals surface area contributed by atoms with Crippen LogP contribution in [0.15, 0.2) is 0 Å². The van der Waals surface area contributed by atoms with Gasteiger partial charge in [0.15, 0.2) is 0 Å². The van der Waals surface area contributed by atoms with Crippen LogP contribution in [0.4, 0.5) is 0 Å². The minimum atomic E-state index is -3.46. The largest absolute Gasteiger partial charge is 0.229 e. The normalized spacial score (nSPS) is 20.7. The van der Waals surface area contributed by atoms with Crippen LogP contribution in [0.1, 0.15) is 12.8 Å². The lowest BCUT2D eigenvalue weighted by Gasteiger charge is -2.03. The molecule has 0 aromatic carbocycles. The maximum Gasteiger partial charge on any atom is 0.210 e. The second kappa shape index (κ2) is 2.80. The molecule has 0 aromatic rings. The van der Waals surface area contributed by atoms with E-state index in [4.69, 9.17) is 10.4 Å². The second-order valence-electron chi connectivity index (χ2n) is 2.90. The van der Waals surface area contributed by atoms with Gasteiger partial charge in [-0.05, 0) is 18.8 Å². The van der Waals surface area contributed by atoms with Crippen molar-refractivity contribution >= 4 is 10.0 Å². The molecule has 0 amide bonds. The van der Waals surface area contributed by atoms with Crippen LogP contribution in [-0.4, -0.2) is 14.2 Å². The summed E-state index contributed by atoms with van der Waals surface area (Å²) >= 11 is 0. The van der Waals surface area contributed by atoms with Crippen molar-refractivity contribution in [3.8, 4) is 6.07 Å². The van der Waals surface area contributed by atoms with Crippen LogP contribution in [-0.2, 0) is 10.0 Å². The van der Waals surface area contributed by atoms with Gasteiger partial charge < -0.3 is 0 Å². The zero-order chi connectivity index (χ0) is 8.48. The number of nitrogens with two attached hydrogens (primary N) is 1. The molecule has 0 spiro atoms. The Morgan fingerprint density at radius 1 is 1.64 bits per heavy atom. The summed E-state index contributed by atoms with van der Waals surface area (Å²) in [4.78, 5) is 0. The molecule has 0 aromatic heterocycles. The number of nitriles is 1. The van der Waals surface area contributed by atoms with Crippen LogP contribution in [0.3, 0.4) is 0 Å².